The van der Waals surface area contributed by atoms with Gasteiger partial charge in [0.1, 0.15) is 5.01 Å². The summed E-state index contributed by atoms with van der Waals surface area (Å²) in [6.07, 6.45) is 7.34. The number of nitrogens with zero attached hydrogens (tertiary/aromatic N) is 2. The second-order valence-corrected chi connectivity index (χ2v) is 6.23. The summed E-state index contributed by atoms with van der Waals surface area (Å²) in [5.41, 5.74) is 0. The van der Waals surface area contributed by atoms with E-state index in [2.05, 4.69) is 27.5 Å². The fourth-order valence-electron chi connectivity index (χ4n) is 3.33. The molecule has 2 aliphatic rings. The molecule has 2 atom stereocenters. The van der Waals surface area contributed by atoms with E-state index in [4.69, 9.17) is 0 Å². The number of rotatable bonds is 4. The van der Waals surface area contributed by atoms with E-state index < -0.39 is 0 Å². The molecule has 0 saturated carbocycles. The molecule has 2 saturated heterocycles. The van der Waals surface area contributed by atoms with Crippen LogP contribution in [0, 0.1) is 0 Å². The lowest BCUT2D eigenvalue weighted by Gasteiger charge is -2.36. The van der Waals surface area contributed by atoms with Crippen molar-refractivity contribution in [1.82, 2.24) is 15.2 Å². The van der Waals surface area contributed by atoms with Crippen molar-refractivity contribution >= 4 is 11.3 Å². The van der Waals surface area contributed by atoms with Crippen molar-refractivity contribution in [3.8, 4) is 0 Å². The molecule has 3 heterocycles. The number of hydrogen-bond donors (Lipinski definition) is 1. The molecule has 94 valence electrons. The van der Waals surface area contributed by atoms with Gasteiger partial charge in [0.15, 0.2) is 0 Å². The van der Waals surface area contributed by atoms with Crippen molar-refractivity contribution in [3.05, 3.63) is 16.6 Å². The lowest BCUT2D eigenvalue weighted by atomic mass is 9.98. The van der Waals surface area contributed by atoms with Crippen LogP contribution < -0.4 is 5.32 Å². The maximum atomic E-state index is 4.41. The number of nitrogens with one attached hydrogen (secondary N) is 1. The van der Waals surface area contributed by atoms with E-state index in [1.165, 1.54) is 30.7 Å². The first-order valence-electron chi connectivity index (χ1n) is 6.73. The van der Waals surface area contributed by atoms with Gasteiger partial charge in [0.05, 0.1) is 6.54 Å². The average Bonchev–Trinajstić information content (AvgIpc) is 2.96. The Labute approximate surface area is 107 Å². The number of thiazole rings is 1. The molecule has 0 aromatic carbocycles. The monoisotopic (exact) mass is 251 g/mol. The zero-order valence-electron chi connectivity index (χ0n) is 10.4. The lowest BCUT2D eigenvalue weighted by molar-refractivity contribution is 0.140. The van der Waals surface area contributed by atoms with Gasteiger partial charge in [-0.3, -0.25) is 4.90 Å². The first kappa shape index (κ1) is 11.6. The largest absolute Gasteiger partial charge is 0.311 e. The van der Waals surface area contributed by atoms with Crippen LogP contribution in [-0.2, 0) is 6.54 Å². The van der Waals surface area contributed by atoms with Gasteiger partial charge < -0.3 is 5.32 Å². The highest BCUT2D eigenvalue weighted by atomic mass is 32.1. The maximum absolute atomic E-state index is 4.41. The van der Waals surface area contributed by atoms with E-state index in [1.807, 2.05) is 6.20 Å². The Morgan fingerprint density at radius 1 is 1.41 bits per heavy atom. The van der Waals surface area contributed by atoms with Crippen molar-refractivity contribution in [2.24, 2.45) is 0 Å². The Morgan fingerprint density at radius 3 is 2.76 bits per heavy atom. The summed E-state index contributed by atoms with van der Waals surface area (Å²) < 4.78 is 0. The van der Waals surface area contributed by atoms with Crippen molar-refractivity contribution in [2.75, 3.05) is 6.54 Å². The zero-order valence-corrected chi connectivity index (χ0v) is 11.2. The van der Waals surface area contributed by atoms with Gasteiger partial charge >= 0.3 is 0 Å². The molecule has 2 unspecified atom stereocenters. The molecular formula is C13H21N3S. The summed E-state index contributed by atoms with van der Waals surface area (Å²) in [6.45, 7) is 4.46. The van der Waals surface area contributed by atoms with E-state index in [0.717, 1.165) is 31.2 Å². The molecule has 4 heteroatoms. The first-order valence-corrected chi connectivity index (χ1v) is 7.61. The van der Waals surface area contributed by atoms with Crippen molar-refractivity contribution in [2.45, 2.75) is 57.3 Å². The summed E-state index contributed by atoms with van der Waals surface area (Å²) in [4.78, 5) is 7.03. The topological polar surface area (TPSA) is 28.2 Å². The van der Waals surface area contributed by atoms with E-state index >= 15 is 0 Å². The Bertz CT molecular complexity index is 340. The van der Waals surface area contributed by atoms with Gasteiger partial charge in [-0.1, -0.05) is 6.92 Å². The number of hydrogen-bond acceptors (Lipinski definition) is 4. The van der Waals surface area contributed by atoms with Gasteiger partial charge in [0.25, 0.3) is 0 Å². The molecule has 17 heavy (non-hydrogen) atoms. The van der Waals surface area contributed by atoms with Crippen LogP contribution in [0.25, 0.3) is 0 Å². The third-order valence-electron chi connectivity index (χ3n) is 4.19. The van der Waals surface area contributed by atoms with Crippen LogP contribution in [0.15, 0.2) is 11.6 Å². The van der Waals surface area contributed by atoms with Gasteiger partial charge in [-0.25, -0.2) is 4.98 Å². The molecule has 0 spiro atoms. The third kappa shape index (κ3) is 2.54. The number of fused-ring (bicyclic) bond motifs is 2. The second-order valence-electron chi connectivity index (χ2n) is 5.25. The first-order chi connectivity index (χ1) is 8.35. The third-order valence-corrected chi connectivity index (χ3v) is 4.96. The van der Waals surface area contributed by atoms with E-state index in [9.17, 15) is 0 Å². The molecule has 1 aromatic rings. The lowest BCUT2D eigenvalue weighted by Crippen LogP contribution is -2.47. The van der Waals surface area contributed by atoms with Gasteiger partial charge in [-0.2, -0.15) is 0 Å². The predicted octanol–water partition coefficient (Wildman–Crippen LogP) is 2.25. The minimum atomic E-state index is 0.766. The van der Waals surface area contributed by atoms with Crippen LogP contribution in [0.3, 0.4) is 0 Å². The molecule has 1 N–H and O–H groups in total. The number of aromatic nitrogens is 1. The standard InChI is InChI=1S/C13H21N3S/c1-2-16(9-13-14-5-6-17-13)12-7-10-3-4-11(8-12)15-10/h5-6,10-12,15H,2-4,7-9H2,1H3. The molecule has 3 rings (SSSR count). The van der Waals surface area contributed by atoms with Crippen LogP contribution in [0.1, 0.15) is 37.6 Å². The SMILES string of the molecule is CCN(Cc1nccs1)C1CC2CCC(C1)N2. The Hall–Kier alpha value is -0.450. The van der Waals surface area contributed by atoms with Crippen molar-refractivity contribution < 1.29 is 0 Å². The molecule has 0 aliphatic carbocycles. The molecule has 0 radical (unpaired) electrons. The average molecular weight is 251 g/mol. The Kier molecular flexibility index (Phi) is 3.45. The summed E-state index contributed by atoms with van der Waals surface area (Å²) in [5.74, 6) is 0. The molecule has 2 bridgehead atoms. The number of piperidine rings is 1. The zero-order chi connectivity index (χ0) is 11.7. The van der Waals surface area contributed by atoms with E-state index in [0.29, 0.717) is 0 Å². The normalized spacial score (nSPS) is 32.2. The summed E-state index contributed by atoms with van der Waals surface area (Å²) in [5, 5.41) is 7.06. The molecule has 2 aliphatic heterocycles. The minimum Gasteiger partial charge on any atom is -0.311 e. The van der Waals surface area contributed by atoms with Crippen LogP contribution in [0.5, 0.6) is 0 Å². The molecular weight excluding hydrogens is 230 g/mol. The highest BCUT2D eigenvalue weighted by Gasteiger charge is 2.35. The van der Waals surface area contributed by atoms with Crippen LogP contribution in [0.4, 0.5) is 0 Å². The quantitative estimate of drug-likeness (QED) is 0.889. The minimum absolute atomic E-state index is 0.766. The van der Waals surface area contributed by atoms with Gasteiger partial charge in [0.2, 0.25) is 0 Å². The highest BCUT2D eigenvalue weighted by molar-refractivity contribution is 7.09. The Morgan fingerprint density at radius 2 is 2.18 bits per heavy atom. The highest BCUT2D eigenvalue weighted by Crippen LogP contribution is 2.30. The van der Waals surface area contributed by atoms with E-state index in [1.54, 1.807) is 11.3 Å². The van der Waals surface area contributed by atoms with Gasteiger partial charge in [-0.15, -0.1) is 11.3 Å². The van der Waals surface area contributed by atoms with Crippen molar-refractivity contribution in [3.63, 3.8) is 0 Å². The molecule has 1 aromatic heterocycles. The molecule has 0 amide bonds. The smallest absolute Gasteiger partial charge is 0.107 e. The van der Waals surface area contributed by atoms with Crippen molar-refractivity contribution in [1.29, 1.82) is 0 Å². The predicted molar refractivity (Wildman–Crippen MR) is 71.2 cm³/mol. The van der Waals surface area contributed by atoms with E-state index in [-0.39, 0.29) is 0 Å². The maximum Gasteiger partial charge on any atom is 0.107 e. The second kappa shape index (κ2) is 5.04. The summed E-state index contributed by atoms with van der Waals surface area (Å²) >= 11 is 1.78. The van der Waals surface area contributed by atoms with Gasteiger partial charge in [-0.05, 0) is 32.2 Å². The Balaban J connectivity index is 1.64. The van der Waals surface area contributed by atoms with Crippen LogP contribution in [0.2, 0.25) is 0 Å². The summed E-state index contributed by atoms with van der Waals surface area (Å²) in [7, 11) is 0. The van der Waals surface area contributed by atoms with Crippen LogP contribution >= 0.6 is 11.3 Å². The fraction of sp³-hybridized carbons (Fsp3) is 0.769. The van der Waals surface area contributed by atoms with Crippen LogP contribution in [-0.4, -0.2) is 34.6 Å². The molecule has 2 fully saturated rings. The fourth-order valence-corrected chi connectivity index (χ4v) is 3.97. The summed E-state index contributed by atoms with van der Waals surface area (Å²) in [6, 6.07) is 2.33. The molecule has 3 nitrogen and oxygen atoms in total. The van der Waals surface area contributed by atoms with Gasteiger partial charge in [0, 0.05) is 29.7 Å².